The first-order valence-electron chi connectivity index (χ1n) is 8.38. The van der Waals surface area contributed by atoms with Crippen LogP contribution in [-0.4, -0.2) is 44.4 Å². The lowest BCUT2D eigenvalue weighted by Crippen LogP contribution is -2.37. The molecule has 132 valence electrons. The highest BCUT2D eigenvalue weighted by Gasteiger charge is 2.17. The Morgan fingerprint density at radius 2 is 1.79 bits per heavy atom. The lowest BCUT2D eigenvalue weighted by Gasteiger charge is -2.18. The molecule has 2 aromatic rings. The van der Waals surface area contributed by atoms with Gasteiger partial charge in [-0.25, -0.2) is 9.78 Å². The zero-order valence-corrected chi connectivity index (χ0v) is 15.9. The molecule has 6 nitrogen and oxygen atoms in total. The Balaban J connectivity index is 2.54. The molecule has 0 aliphatic rings. The van der Waals surface area contributed by atoms with Crippen LogP contribution in [0.4, 0.5) is 0 Å². The van der Waals surface area contributed by atoms with E-state index in [9.17, 15) is 9.59 Å². The zero-order valence-electron chi connectivity index (χ0n) is 15.1. The summed E-state index contributed by atoms with van der Waals surface area (Å²) >= 11 is 1.69. The van der Waals surface area contributed by atoms with Crippen molar-refractivity contribution in [3.63, 3.8) is 0 Å². The molecular formula is C17H26N4O2S. The predicted octanol–water partition coefficient (Wildman–Crippen LogP) is 1.63. The first-order chi connectivity index (χ1) is 11.5. The third-order valence-corrected chi connectivity index (χ3v) is 5.57. The molecule has 0 aliphatic heterocycles. The van der Waals surface area contributed by atoms with Gasteiger partial charge in [-0.1, -0.05) is 20.8 Å². The van der Waals surface area contributed by atoms with E-state index in [0.717, 1.165) is 46.8 Å². The van der Waals surface area contributed by atoms with Gasteiger partial charge in [0, 0.05) is 37.5 Å². The summed E-state index contributed by atoms with van der Waals surface area (Å²) in [7, 11) is 3.18. The van der Waals surface area contributed by atoms with Crippen LogP contribution in [0.2, 0.25) is 0 Å². The van der Waals surface area contributed by atoms with Crippen LogP contribution in [-0.2, 0) is 20.5 Å². The summed E-state index contributed by atoms with van der Waals surface area (Å²) < 4.78 is 2.61. The summed E-state index contributed by atoms with van der Waals surface area (Å²) in [4.78, 5) is 32.5. The maximum atomic E-state index is 12.7. The predicted molar refractivity (Wildman–Crippen MR) is 100 cm³/mol. The van der Waals surface area contributed by atoms with Crippen molar-refractivity contribution in [1.82, 2.24) is 19.0 Å². The number of pyridine rings is 1. The molecule has 0 N–H and O–H groups in total. The molecule has 0 amide bonds. The van der Waals surface area contributed by atoms with Crippen molar-refractivity contribution in [1.29, 1.82) is 0 Å². The quantitative estimate of drug-likeness (QED) is 0.710. The minimum absolute atomic E-state index is 0.263. The normalized spacial score (nSPS) is 11.6. The second kappa shape index (κ2) is 7.98. The first kappa shape index (κ1) is 18.7. The topological polar surface area (TPSA) is 60.1 Å². The monoisotopic (exact) mass is 350 g/mol. The van der Waals surface area contributed by atoms with Crippen LogP contribution in [0.5, 0.6) is 0 Å². The first-order valence-corrected chi connectivity index (χ1v) is 9.37. The van der Waals surface area contributed by atoms with Crippen molar-refractivity contribution < 1.29 is 0 Å². The van der Waals surface area contributed by atoms with Crippen LogP contribution >= 0.6 is 11.8 Å². The van der Waals surface area contributed by atoms with Gasteiger partial charge in [-0.2, -0.15) is 0 Å². The summed E-state index contributed by atoms with van der Waals surface area (Å²) in [5, 5.41) is 0.559. The summed E-state index contributed by atoms with van der Waals surface area (Å²) in [6, 6.07) is 0. The number of rotatable bonds is 7. The molecule has 0 saturated heterocycles. The Hall–Kier alpha value is -1.60. The maximum absolute atomic E-state index is 12.7. The molecule has 0 aliphatic carbocycles. The maximum Gasteiger partial charge on any atom is 0.332 e. The van der Waals surface area contributed by atoms with Gasteiger partial charge in [0.2, 0.25) is 0 Å². The molecule has 0 spiro atoms. The lowest BCUT2D eigenvalue weighted by atomic mass is 10.2. The fourth-order valence-corrected chi connectivity index (χ4v) is 4.03. The molecule has 0 saturated carbocycles. The number of aromatic nitrogens is 3. The molecule has 2 aromatic heterocycles. The smallest absolute Gasteiger partial charge is 0.303 e. The number of thioether (sulfide) groups is 1. The van der Waals surface area contributed by atoms with Gasteiger partial charge >= 0.3 is 5.69 Å². The van der Waals surface area contributed by atoms with Gasteiger partial charge in [0.15, 0.2) is 0 Å². The van der Waals surface area contributed by atoms with Gasteiger partial charge in [-0.05, 0) is 25.1 Å². The third-order valence-electron chi connectivity index (χ3n) is 4.42. The Morgan fingerprint density at radius 1 is 1.12 bits per heavy atom. The Kier molecular flexibility index (Phi) is 6.23. The third kappa shape index (κ3) is 3.42. The molecule has 2 rings (SSSR count). The van der Waals surface area contributed by atoms with Crippen molar-refractivity contribution >= 4 is 22.8 Å². The molecule has 0 radical (unpaired) electrons. The van der Waals surface area contributed by atoms with Crippen molar-refractivity contribution in [3.8, 4) is 0 Å². The van der Waals surface area contributed by atoms with Gasteiger partial charge < -0.3 is 4.90 Å². The highest BCUT2D eigenvalue weighted by molar-refractivity contribution is 7.99. The molecule has 0 aromatic carbocycles. The fraction of sp³-hybridized carbons (Fsp3) is 0.588. The highest BCUT2D eigenvalue weighted by atomic mass is 32.2. The number of aryl methyl sites for hydroxylation is 2. The van der Waals surface area contributed by atoms with E-state index in [1.165, 1.54) is 11.6 Å². The van der Waals surface area contributed by atoms with E-state index in [1.54, 1.807) is 25.0 Å². The summed E-state index contributed by atoms with van der Waals surface area (Å²) in [5.41, 5.74) is 0.915. The van der Waals surface area contributed by atoms with Crippen LogP contribution in [0, 0.1) is 0 Å². The molecule has 0 unspecified atom stereocenters. The number of hydrogen-bond acceptors (Lipinski definition) is 5. The molecule has 0 bridgehead atoms. The second-order valence-electron chi connectivity index (χ2n) is 5.75. The van der Waals surface area contributed by atoms with Crippen molar-refractivity contribution in [2.24, 2.45) is 14.1 Å². The Labute approximate surface area is 146 Å². The number of nitrogens with zero attached hydrogens (tertiary/aromatic N) is 4. The molecule has 0 fully saturated rings. The molecular weight excluding hydrogens is 324 g/mol. The van der Waals surface area contributed by atoms with Crippen LogP contribution in [0.15, 0.2) is 20.7 Å². The van der Waals surface area contributed by atoms with Gasteiger partial charge in [0.05, 0.1) is 5.39 Å². The van der Waals surface area contributed by atoms with Crippen LogP contribution in [0.3, 0.4) is 0 Å². The molecule has 24 heavy (non-hydrogen) atoms. The van der Waals surface area contributed by atoms with E-state index in [0.29, 0.717) is 11.0 Å². The van der Waals surface area contributed by atoms with Crippen LogP contribution in [0.1, 0.15) is 26.3 Å². The number of hydrogen-bond donors (Lipinski definition) is 0. The van der Waals surface area contributed by atoms with E-state index >= 15 is 0 Å². The van der Waals surface area contributed by atoms with Crippen molar-refractivity contribution in [2.45, 2.75) is 32.1 Å². The number of fused-ring (bicyclic) bond motifs is 1. The molecule has 0 atom stereocenters. The Bertz CT molecular complexity index is 837. The van der Waals surface area contributed by atoms with E-state index in [2.05, 4.69) is 30.7 Å². The minimum Gasteiger partial charge on any atom is -0.303 e. The van der Waals surface area contributed by atoms with Crippen molar-refractivity contribution in [2.75, 3.05) is 25.4 Å². The van der Waals surface area contributed by atoms with Gasteiger partial charge in [0.1, 0.15) is 5.65 Å². The zero-order chi connectivity index (χ0) is 17.9. The van der Waals surface area contributed by atoms with E-state index < -0.39 is 0 Å². The molecule has 7 heteroatoms. The lowest BCUT2D eigenvalue weighted by molar-refractivity contribution is 0.324. The SMILES string of the molecule is CCc1cnc2c(c1SCCN(CC)CC)c(=O)n(C)c(=O)n2C. The van der Waals surface area contributed by atoms with Crippen molar-refractivity contribution in [3.05, 3.63) is 32.6 Å². The van der Waals surface area contributed by atoms with Gasteiger partial charge in [-0.3, -0.25) is 13.9 Å². The average Bonchev–Trinajstić information content (AvgIpc) is 2.61. The molecule has 2 heterocycles. The average molecular weight is 350 g/mol. The second-order valence-corrected chi connectivity index (χ2v) is 6.85. The minimum atomic E-state index is -0.344. The van der Waals surface area contributed by atoms with E-state index in [1.807, 2.05) is 0 Å². The van der Waals surface area contributed by atoms with Crippen LogP contribution in [0.25, 0.3) is 11.0 Å². The van der Waals surface area contributed by atoms with Gasteiger partial charge in [-0.15, -0.1) is 11.8 Å². The largest absolute Gasteiger partial charge is 0.332 e. The Morgan fingerprint density at radius 3 is 2.38 bits per heavy atom. The fourth-order valence-electron chi connectivity index (χ4n) is 2.77. The van der Waals surface area contributed by atoms with E-state index in [4.69, 9.17) is 0 Å². The van der Waals surface area contributed by atoms with Gasteiger partial charge in [0.25, 0.3) is 5.56 Å². The van der Waals surface area contributed by atoms with E-state index in [-0.39, 0.29) is 11.2 Å². The highest BCUT2D eigenvalue weighted by Crippen LogP contribution is 2.28. The summed E-state index contributed by atoms with van der Waals surface area (Å²) in [5.74, 6) is 0.903. The van der Waals surface area contributed by atoms with Crippen LogP contribution < -0.4 is 11.2 Å². The summed E-state index contributed by atoms with van der Waals surface area (Å²) in [6.45, 7) is 9.37. The standard InChI is InChI=1S/C17H26N4O2S/c1-6-12-11-18-15-13(16(22)20(5)17(23)19(15)4)14(12)24-10-9-21(7-2)8-3/h11H,6-10H2,1-5H3. The summed E-state index contributed by atoms with van der Waals surface area (Å²) in [6.07, 6.45) is 2.60.